The fourth-order valence-corrected chi connectivity index (χ4v) is 7.24. The summed E-state index contributed by atoms with van der Waals surface area (Å²) >= 11 is 5.94. The van der Waals surface area contributed by atoms with Crippen molar-refractivity contribution in [2.24, 2.45) is 0 Å². The highest BCUT2D eigenvalue weighted by atomic mass is 127. The molecule has 282 valence electrons. The Morgan fingerprint density at radius 3 is 1.61 bits per heavy atom. The van der Waals surface area contributed by atoms with Crippen molar-refractivity contribution in [2.75, 3.05) is 39.6 Å². The molecular formula is C36H28F4I2N4O6S2. The Hall–Kier alpha value is -3.54. The Labute approximate surface area is 341 Å². The second-order valence-corrected chi connectivity index (χ2v) is 15.3. The summed E-state index contributed by atoms with van der Waals surface area (Å²) in [6, 6.07) is 12.3. The van der Waals surface area contributed by atoms with Crippen molar-refractivity contribution in [3.63, 3.8) is 0 Å². The zero-order valence-electron chi connectivity index (χ0n) is 27.9. The maximum Gasteiger partial charge on any atom is 0.188 e. The van der Waals surface area contributed by atoms with Gasteiger partial charge in [0.1, 0.15) is 42.5 Å². The van der Waals surface area contributed by atoms with E-state index in [1.165, 1.54) is 30.5 Å². The van der Waals surface area contributed by atoms with Gasteiger partial charge in [0.25, 0.3) is 0 Å². The normalized spacial score (nSPS) is 11.1. The van der Waals surface area contributed by atoms with E-state index < -0.39 is 34.8 Å². The fraction of sp³-hybridized carbons (Fsp3) is 0.222. The fourth-order valence-electron chi connectivity index (χ4n) is 5.14. The second kappa shape index (κ2) is 19.9. The first-order valence-corrected chi connectivity index (χ1v) is 19.5. The lowest BCUT2D eigenvalue weighted by molar-refractivity contribution is 0.0637. The third-order valence-electron chi connectivity index (χ3n) is 7.70. The molecule has 0 radical (unpaired) electrons. The molecule has 54 heavy (non-hydrogen) atoms. The molecule has 0 saturated carbocycles. The minimum Gasteiger partial charge on any atom is -0.499 e. The van der Waals surface area contributed by atoms with Crippen LogP contribution in [0.25, 0.3) is 20.4 Å². The summed E-state index contributed by atoms with van der Waals surface area (Å²) in [6.45, 7) is 3.07. The average molecular weight is 1010 g/mol. The van der Waals surface area contributed by atoms with Gasteiger partial charge in [-0.1, -0.05) is 27.7 Å². The zero-order valence-corrected chi connectivity index (χ0v) is 33.9. The molecule has 6 rings (SSSR count). The highest BCUT2D eigenvalue weighted by molar-refractivity contribution is 14.1. The number of aliphatic hydroxyl groups excluding tert-OH is 1. The number of ketones is 2. The summed E-state index contributed by atoms with van der Waals surface area (Å²) in [4.78, 5) is 25.1. The highest BCUT2D eigenvalue weighted by Crippen LogP contribution is 2.30. The summed E-state index contributed by atoms with van der Waals surface area (Å²) in [5, 5.41) is 16.3. The first kappa shape index (κ1) is 41.6. The Kier molecular flexibility index (Phi) is 15.3. The van der Waals surface area contributed by atoms with Crippen LogP contribution in [-0.4, -0.2) is 75.5 Å². The number of hydrogen-bond donors (Lipinski definition) is 1. The number of aromatic nitrogens is 4. The van der Waals surface area contributed by atoms with Crippen molar-refractivity contribution in [1.82, 2.24) is 19.2 Å². The third kappa shape index (κ3) is 10.4. The van der Waals surface area contributed by atoms with Gasteiger partial charge in [-0.3, -0.25) is 9.59 Å². The van der Waals surface area contributed by atoms with Gasteiger partial charge in [0, 0.05) is 42.2 Å². The van der Waals surface area contributed by atoms with Crippen LogP contribution in [0.2, 0.25) is 0 Å². The van der Waals surface area contributed by atoms with Crippen molar-refractivity contribution >= 4 is 100 Å². The van der Waals surface area contributed by atoms with E-state index >= 15 is 4.39 Å². The predicted octanol–water partition coefficient (Wildman–Crippen LogP) is 7.88. The van der Waals surface area contributed by atoms with Crippen LogP contribution in [0.1, 0.15) is 43.0 Å². The first-order chi connectivity index (χ1) is 26.0. The van der Waals surface area contributed by atoms with E-state index in [1.54, 1.807) is 24.3 Å². The molecule has 0 atom stereocenters. The Morgan fingerprint density at radius 1 is 0.722 bits per heavy atom. The topological polar surface area (TPSA) is 134 Å². The standard InChI is InChI=1S/C19H15F2IN2O3S.C17H13F2IN2O3S/c1-2-26-5-6-27-10-16(25)13-9-17-19(23-24-28-17)18(21)14(13)7-11-3-4-12(22)8-15(11)20;18-13-6-10(20)2-1-9(13)5-12-11(14(24)8-25-4-3-23)7-15-17(16(12)19)21-22-26-15/h2-4,8-9H,1,5-7,10H2;1-2,6-7,23H,3-5,8H2. The molecule has 2 aromatic heterocycles. The zero-order chi connectivity index (χ0) is 38.8. The number of rotatable bonds is 16. The molecule has 0 bridgehead atoms. The van der Waals surface area contributed by atoms with Crippen LogP contribution in [0.5, 0.6) is 0 Å². The number of carbonyl (C=O) groups excluding carboxylic acids is 2. The number of hydrogen-bond acceptors (Lipinski definition) is 12. The van der Waals surface area contributed by atoms with E-state index in [2.05, 4.69) is 25.8 Å². The number of nitrogens with zero attached hydrogens (tertiary/aromatic N) is 4. The van der Waals surface area contributed by atoms with E-state index in [-0.39, 0.29) is 96.9 Å². The number of Topliss-reactive ketones (excluding diaryl/α,β-unsaturated/α-hetero) is 2. The van der Waals surface area contributed by atoms with Gasteiger partial charge in [0.2, 0.25) is 0 Å². The van der Waals surface area contributed by atoms with Crippen LogP contribution in [0, 0.1) is 30.4 Å². The lowest BCUT2D eigenvalue weighted by Gasteiger charge is -2.12. The number of benzene rings is 4. The number of halogens is 6. The van der Waals surface area contributed by atoms with E-state index in [9.17, 15) is 22.8 Å². The van der Waals surface area contributed by atoms with Gasteiger partial charge < -0.3 is 19.3 Å². The predicted molar refractivity (Wildman–Crippen MR) is 212 cm³/mol. The highest BCUT2D eigenvalue weighted by Gasteiger charge is 2.24. The van der Waals surface area contributed by atoms with Crippen LogP contribution in [0.4, 0.5) is 17.6 Å². The van der Waals surface area contributed by atoms with Crippen molar-refractivity contribution in [3.05, 3.63) is 125 Å². The van der Waals surface area contributed by atoms with Crippen LogP contribution in [0.3, 0.4) is 0 Å². The summed E-state index contributed by atoms with van der Waals surface area (Å²) in [5.74, 6) is -3.13. The smallest absolute Gasteiger partial charge is 0.188 e. The summed E-state index contributed by atoms with van der Waals surface area (Å²) < 4.78 is 83.6. The molecule has 0 amide bonds. The third-order valence-corrected chi connectivity index (χ3v) is 10.4. The Balaban J connectivity index is 0.000000208. The van der Waals surface area contributed by atoms with Gasteiger partial charge in [-0.2, -0.15) is 0 Å². The molecule has 4 aromatic carbocycles. The number of fused-ring (bicyclic) bond motifs is 2. The number of ether oxygens (including phenoxy) is 3. The average Bonchev–Trinajstić information content (AvgIpc) is 3.83. The first-order valence-electron chi connectivity index (χ1n) is 15.8. The molecule has 18 heteroatoms. The van der Waals surface area contributed by atoms with Crippen molar-refractivity contribution in [2.45, 2.75) is 12.8 Å². The minimum atomic E-state index is -0.681. The van der Waals surface area contributed by atoms with Crippen molar-refractivity contribution < 1.29 is 46.5 Å². The van der Waals surface area contributed by atoms with Gasteiger partial charge in [0.05, 0.1) is 35.5 Å². The van der Waals surface area contributed by atoms with Crippen molar-refractivity contribution in [3.8, 4) is 0 Å². The van der Waals surface area contributed by atoms with Gasteiger partial charge in [-0.05, 0) is 116 Å². The van der Waals surface area contributed by atoms with E-state index in [4.69, 9.17) is 19.3 Å². The SMILES string of the molecule is C=COCCOCC(=O)c1cc2snnc2c(F)c1Cc1ccc(I)cc1F.O=C(COCCO)c1cc2snnc2c(F)c1Cc1ccc(I)cc1F. The van der Waals surface area contributed by atoms with Crippen LogP contribution in [-0.2, 0) is 27.1 Å². The number of aliphatic hydroxyl groups is 1. The summed E-state index contributed by atoms with van der Waals surface area (Å²) in [6.07, 6.45) is 1.10. The van der Waals surface area contributed by atoms with Crippen LogP contribution < -0.4 is 0 Å². The quantitative estimate of drug-likeness (QED) is 0.0336. The molecule has 0 spiro atoms. The molecule has 0 fully saturated rings. The molecule has 10 nitrogen and oxygen atoms in total. The summed E-state index contributed by atoms with van der Waals surface area (Å²) in [5.41, 5.74) is 1.08. The van der Waals surface area contributed by atoms with E-state index in [1.807, 2.05) is 45.2 Å². The largest absolute Gasteiger partial charge is 0.499 e. The maximum absolute atomic E-state index is 15.1. The van der Waals surface area contributed by atoms with E-state index in [0.717, 1.165) is 30.2 Å². The molecule has 0 unspecified atom stereocenters. The van der Waals surface area contributed by atoms with Crippen LogP contribution in [0.15, 0.2) is 61.4 Å². The molecule has 0 aliphatic carbocycles. The number of carbonyl (C=O) groups is 2. The van der Waals surface area contributed by atoms with Gasteiger partial charge in [0.15, 0.2) is 23.2 Å². The molecule has 0 saturated heterocycles. The lowest BCUT2D eigenvalue weighted by atomic mass is 9.96. The van der Waals surface area contributed by atoms with Crippen LogP contribution >= 0.6 is 68.2 Å². The van der Waals surface area contributed by atoms with Gasteiger partial charge >= 0.3 is 0 Å². The minimum absolute atomic E-state index is 0.000334. The Bertz CT molecular complexity index is 2310. The van der Waals surface area contributed by atoms with E-state index in [0.29, 0.717) is 9.40 Å². The van der Waals surface area contributed by atoms with Crippen molar-refractivity contribution in [1.29, 1.82) is 0 Å². The Morgan fingerprint density at radius 2 is 1.19 bits per heavy atom. The molecule has 2 heterocycles. The molecule has 0 aliphatic heterocycles. The van der Waals surface area contributed by atoms with Gasteiger partial charge in [-0.25, -0.2) is 17.6 Å². The monoisotopic (exact) mass is 1010 g/mol. The molecule has 0 aliphatic rings. The maximum atomic E-state index is 15.1. The summed E-state index contributed by atoms with van der Waals surface area (Å²) in [7, 11) is 0. The molecular weight excluding hydrogens is 978 g/mol. The molecule has 6 aromatic rings. The lowest BCUT2D eigenvalue weighted by Crippen LogP contribution is -2.15. The second-order valence-electron chi connectivity index (χ2n) is 11.2. The van der Waals surface area contributed by atoms with Gasteiger partial charge in [-0.15, -0.1) is 10.2 Å². The molecule has 1 N–H and O–H groups in total.